The summed E-state index contributed by atoms with van der Waals surface area (Å²) >= 11 is 7.40. The van der Waals surface area contributed by atoms with Crippen LogP contribution in [0.3, 0.4) is 0 Å². The van der Waals surface area contributed by atoms with Gasteiger partial charge in [-0.25, -0.2) is 9.79 Å². The molecule has 0 spiro atoms. The van der Waals surface area contributed by atoms with Crippen LogP contribution in [0.5, 0.6) is 5.75 Å². The van der Waals surface area contributed by atoms with E-state index in [2.05, 4.69) is 4.99 Å². The number of carbonyl (C=O) groups excluding carboxylic acids is 1. The summed E-state index contributed by atoms with van der Waals surface area (Å²) in [5.74, 6) is 0.209. The molecule has 0 saturated carbocycles. The van der Waals surface area contributed by atoms with Crippen molar-refractivity contribution in [3.8, 4) is 5.75 Å². The number of hydrogen-bond acceptors (Lipinski definition) is 6. The highest BCUT2D eigenvalue weighted by Gasteiger charge is 2.33. The molecule has 1 aromatic heterocycles. The average molecular weight is 545 g/mol. The van der Waals surface area contributed by atoms with E-state index < -0.39 is 12.0 Å². The Morgan fingerprint density at radius 1 is 1.08 bits per heavy atom. The molecule has 0 bridgehead atoms. The van der Waals surface area contributed by atoms with Crippen molar-refractivity contribution in [1.29, 1.82) is 0 Å². The predicted octanol–water partition coefficient (Wildman–Crippen LogP) is 5.03. The Morgan fingerprint density at radius 3 is 2.58 bits per heavy atom. The predicted molar refractivity (Wildman–Crippen MR) is 149 cm³/mol. The van der Waals surface area contributed by atoms with Gasteiger partial charge >= 0.3 is 5.97 Å². The zero-order chi connectivity index (χ0) is 26.6. The van der Waals surface area contributed by atoms with E-state index >= 15 is 0 Å². The average Bonchev–Trinajstić information content (AvgIpc) is 3.22. The molecular formula is C30H25ClN2O4S. The van der Waals surface area contributed by atoms with Gasteiger partial charge in [0.1, 0.15) is 12.4 Å². The van der Waals surface area contributed by atoms with Crippen molar-refractivity contribution in [1.82, 2.24) is 4.57 Å². The minimum Gasteiger partial charge on any atom is -0.489 e. The third-order valence-electron chi connectivity index (χ3n) is 6.11. The molecule has 1 aliphatic rings. The molecule has 1 aliphatic heterocycles. The third-order valence-corrected chi connectivity index (χ3v) is 7.34. The molecule has 0 radical (unpaired) electrons. The van der Waals surface area contributed by atoms with Crippen LogP contribution in [-0.2, 0) is 16.1 Å². The van der Waals surface area contributed by atoms with Crippen molar-refractivity contribution in [3.05, 3.63) is 132 Å². The van der Waals surface area contributed by atoms with Gasteiger partial charge in [-0.3, -0.25) is 9.36 Å². The molecule has 4 aromatic rings. The second kappa shape index (κ2) is 11.2. The van der Waals surface area contributed by atoms with E-state index in [0.717, 1.165) is 16.7 Å². The van der Waals surface area contributed by atoms with Crippen LogP contribution in [0.4, 0.5) is 0 Å². The molecule has 6 nitrogen and oxygen atoms in total. The van der Waals surface area contributed by atoms with E-state index in [4.69, 9.17) is 21.1 Å². The fraction of sp³-hybridized carbons (Fsp3) is 0.167. The van der Waals surface area contributed by atoms with Crippen molar-refractivity contribution in [2.24, 2.45) is 4.99 Å². The molecule has 0 saturated heterocycles. The van der Waals surface area contributed by atoms with Crippen LogP contribution >= 0.6 is 22.9 Å². The zero-order valence-corrected chi connectivity index (χ0v) is 22.5. The molecule has 2 heterocycles. The molecule has 5 rings (SSSR count). The number of ether oxygens (including phenoxy) is 2. The maximum absolute atomic E-state index is 13.7. The molecule has 0 fully saturated rings. The molecule has 192 valence electrons. The van der Waals surface area contributed by atoms with Gasteiger partial charge in [-0.2, -0.15) is 0 Å². The Bertz CT molecular complexity index is 1690. The highest BCUT2D eigenvalue weighted by Crippen LogP contribution is 2.31. The van der Waals surface area contributed by atoms with Gasteiger partial charge in [0.2, 0.25) is 0 Å². The van der Waals surface area contributed by atoms with E-state index in [-0.39, 0.29) is 12.2 Å². The molecule has 0 N–H and O–H groups in total. The molecule has 1 unspecified atom stereocenters. The Hall–Kier alpha value is -3.94. The van der Waals surface area contributed by atoms with Gasteiger partial charge in [-0.05, 0) is 60.9 Å². The summed E-state index contributed by atoms with van der Waals surface area (Å²) < 4.78 is 13.4. The number of carbonyl (C=O) groups is 1. The molecule has 3 aromatic carbocycles. The van der Waals surface area contributed by atoms with Gasteiger partial charge in [0.05, 0.1) is 28.5 Å². The van der Waals surface area contributed by atoms with E-state index in [1.165, 1.54) is 11.3 Å². The van der Waals surface area contributed by atoms with Crippen molar-refractivity contribution < 1.29 is 14.3 Å². The fourth-order valence-electron chi connectivity index (χ4n) is 4.34. The van der Waals surface area contributed by atoms with Gasteiger partial charge < -0.3 is 9.47 Å². The first-order valence-electron chi connectivity index (χ1n) is 12.2. The number of fused-ring (bicyclic) bond motifs is 1. The SMILES string of the molecule is CCOC(=O)C1=C(C)N=c2sc(=Cc3cccc(OCc4ccccc4)c3)c(=O)n2C1c1ccc(Cl)cc1. The summed E-state index contributed by atoms with van der Waals surface area (Å²) in [6.07, 6.45) is 1.82. The van der Waals surface area contributed by atoms with Crippen molar-refractivity contribution in [2.75, 3.05) is 6.61 Å². The van der Waals surface area contributed by atoms with E-state index in [1.54, 1.807) is 30.5 Å². The summed E-state index contributed by atoms with van der Waals surface area (Å²) in [5.41, 5.74) is 3.26. The lowest BCUT2D eigenvalue weighted by atomic mass is 9.96. The third kappa shape index (κ3) is 5.35. The maximum atomic E-state index is 13.7. The largest absolute Gasteiger partial charge is 0.489 e. The summed E-state index contributed by atoms with van der Waals surface area (Å²) in [6.45, 7) is 4.18. The number of rotatable bonds is 7. The normalized spacial score (nSPS) is 15.1. The number of allylic oxidation sites excluding steroid dienone is 1. The van der Waals surface area contributed by atoms with Crippen LogP contribution < -0.4 is 19.6 Å². The van der Waals surface area contributed by atoms with Crippen molar-refractivity contribution in [2.45, 2.75) is 26.5 Å². The number of halogens is 1. The molecule has 38 heavy (non-hydrogen) atoms. The van der Waals surface area contributed by atoms with Crippen molar-refractivity contribution >= 4 is 35.0 Å². The lowest BCUT2D eigenvalue weighted by molar-refractivity contribution is -0.139. The van der Waals surface area contributed by atoms with E-state index in [9.17, 15) is 9.59 Å². The lowest BCUT2D eigenvalue weighted by Gasteiger charge is -2.24. The minimum atomic E-state index is -0.676. The number of thiazole rings is 1. The first kappa shape index (κ1) is 25.7. The quantitative estimate of drug-likeness (QED) is 0.306. The van der Waals surface area contributed by atoms with E-state index in [1.807, 2.05) is 72.8 Å². The molecule has 0 aliphatic carbocycles. The maximum Gasteiger partial charge on any atom is 0.338 e. The Labute approximate surface area is 228 Å². The Kier molecular flexibility index (Phi) is 7.58. The van der Waals surface area contributed by atoms with Crippen LogP contribution in [0.15, 0.2) is 99.9 Å². The molecular weight excluding hydrogens is 520 g/mol. The second-order valence-corrected chi connectivity index (χ2v) is 10.1. The number of aromatic nitrogens is 1. The first-order chi connectivity index (χ1) is 18.4. The van der Waals surface area contributed by atoms with Gasteiger partial charge in [0, 0.05) is 5.02 Å². The van der Waals surface area contributed by atoms with Crippen LogP contribution in [-0.4, -0.2) is 17.1 Å². The smallest absolute Gasteiger partial charge is 0.338 e. The Morgan fingerprint density at radius 2 is 1.84 bits per heavy atom. The first-order valence-corrected chi connectivity index (χ1v) is 13.4. The van der Waals surface area contributed by atoms with Gasteiger partial charge in [-0.15, -0.1) is 0 Å². The van der Waals surface area contributed by atoms with Gasteiger partial charge in [0.25, 0.3) is 5.56 Å². The highest BCUT2D eigenvalue weighted by molar-refractivity contribution is 7.07. The van der Waals surface area contributed by atoms with Gasteiger partial charge in [-0.1, -0.05) is 77.5 Å². The van der Waals surface area contributed by atoms with Gasteiger partial charge in [0.15, 0.2) is 4.80 Å². The lowest BCUT2D eigenvalue weighted by Crippen LogP contribution is -2.39. The summed E-state index contributed by atoms with van der Waals surface area (Å²) in [7, 11) is 0. The molecule has 1 atom stereocenters. The number of benzene rings is 3. The van der Waals surface area contributed by atoms with Crippen LogP contribution in [0.25, 0.3) is 6.08 Å². The molecule has 0 amide bonds. The highest BCUT2D eigenvalue weighted by atomic mass is 35.5. The van der Waals surface area contributed by atoms with Crippen molar-refractivity contribution in [3.63, 3.8) is 0 Å². The van der Waals surface area contributed by atoms with Crippen LogP contribution in [0.1, 0.15) is 36.6 Å². The Balaban J connectivity index is 1.55. The van der Waals surface area contributed by atoms with Crippen LogP contribution in [0.2, 0.25) is 5.02 Å². The summed E-state index contributed by atoms with van der Waals surface area (Å²) in [5, 5.41) is 0.564. The number of hydrogen-bond donors (Lipinski definition) is 0. The zero-order valence-electron chi connectivity index (χ0n) is 20.9. The monoisotopic (exact) mass is 544 g/mol. The summed E-state index contributed by atoms with van der Waals surface area (Å²) in [4.78, 5) is 31.9. The second-order valence-electron chi connectivity index (χ2n) is 8.70. The molecule has 8 heteroatoms. The summed E-state index contributed by atoms with van der Waals surface area (Å²) in [6, 6.07) is 24.0. The standard InChI is InChI=1S/C30H25ClN2O4S/c1-3-36-29(35)26-19(2)32-30-33(27(26)22-12-14-23(31)15-13-22)28(34)25(38-30)17-21-10-7-11-24(16-21)37-18-20-8-5-4-6-9-20/h4-17,27H,3,18H2,1-2H3. The minimum absolute atomic E-state index is 0.218. The number of esters is 1. The topological polar surface area (TPSA) is 69.9 Å². The fourth-order valence-corrected chi connectivity index (χ4v) is 5.51. The number of nitrogens with zero attached hydrogens (tertiary/aromatic N) is 2. The van der Waals surface area contributed by atoms with E-state index in [0.29, 0.717) is 38.0 Å². The van der Waals surface area contributed by atoms with Crippen LogP contribution in [0, 0.1) is 0 Å².